The Kier molecular flexibility index (Phi) is 8.77. The summed E-state index contributed by atoms with van der Waals surface area (Å²) in [6, 6.07) is 17.7. The molecule has 4 heteroatoms. The van der Waals surface area contributed by atoms with Gasteiger partial charge >= 0.3 is 0 Å². The molecule has 0 N–H and O–H groups in total. The molecule has 0 heterocycles. The smallest absolute Gasteiger partial charge is 0.241 e. The molecule has 0 bridgehead atoms. The molecule has 2 aromatic rings. The first-order chi connectivity index (χ1) is 15.0. The summed E-state index contributed by atoms with van der Waals surface area (Å²) in [5.74, 6) is 0.614. The molecule has 1 fully saturated rings. The molecule has 2 aromatic carbocycles. The maximum Gasteiger partial charge on any atom is 0.241 e. The van der Waals surface area contributed by atoms with E-state index in [1.807, 2.05) is 60.7 Å². The molecule has 0 atom stereocenters. The van der Waals surface area contributed by atoms with Crippen molar-refractivity contribution < 1.29 is 9.59 Å². The van der Waals surface area contributed by atoms with Crippen LogP contribution in [-0.2, 0) is 9.59 Å². The first-order valence-corrected chi connectivity index (χ1v) is 12.4. The van der Waals surface area contributed by atoms with Crippen LogP contribution < -0.4 is 5.46 Å². The minimum Gasteiger partial charge on any atom is -0.310 e. The van der Waals surface area contributed by atoms with E-state index in [1.165, 1.54) is 18.2 Å². The van der Waals surface area contributed by atoms with Gasteiger partial charge in [-0.05, 0) is 54.6 Å². The van der Waals surface area contributed by atoms with E-state index >= 15 is 0 Å². The van der Waals surface area contributed by atoms with Crippen LogP contribution in [0.25, 0.3) is 6.08 Å². The number of hydrogen-bond acceptors (Lipinski definition) is 3. The number of hydrogen-bond donors (Lipinski definition) is 0. The summed E-state index contributed by atoms with van der Waals surface area (Å²) < 4.78 is 0. The summed E-state index contributed by atoms with van der Waals surface area (Å²) in [5.41, 5.74) is 2.18. The average molecular weight is 432 g/mol. The van der Waals surface area contributed by atoms with Crippen LogP contribution in [0.2, 0.25) is 0 Å². The van der Waals surface area contributed by atoms with Gasteiger partial charge in [-0.1, -0.05) is 99.6 Å². The largest absolute Gasteiger partial charge is 0.310 e. The molecule has 0 saturated heterocycles. The third-order valence-corrected chi connectivity index (χ3v) is 7.30. The molecule has 0 amide bonds. The maximum atomic E-state index is 13.5. The molecule has 0 spiro atoms. The monoisotopic (exact) mass is 432 g/mol. The standard InChI is InChI=1S/C27H33BO2S/c1-21(2)17-20-27(18-9-4-10-19-27)26(30)28-23-13-7-8-14-24(23)31-25(29)16-15-22-11-5-3-6-12-22/h3,5-8,11-16,21,28H,4,9-10,17-20H2,1-2H3/b16-15+. The minimum absolute atomic E-state index is 0.0176. The van der Waals surface area contributed by atoms with Crippen molar-refractivity contribution in [1.29, 1.82) is 0 Å². The van der Waals surface area contributed by atoms with Crippen molar-refractivity contribution in [3.8, 4) is 0 Å². The van der Waals surface area contributed by atoms with Gasteiger partial charge in [-0.3, -0.25) is 4.79 Å². The second-order valence-electron chi connectivity index (χ2n) is 9.15. The van der Waals surface area contributed by atoms with Gasteiger partial charge in [0.15, 0.2) is 0 Å². The van der Waals surface area contributed by atoms with Gasteiger partial charge in [0.25, 0.3) is 0 Å². The quantitative estimate of drug-likeness (QED) is 0.277. The summed E-state index contributed by atoms with van der Waals surface area (Å²) in [5, 5.41) is -0.0176. The van der Waals surface area contributed by atoms with Crippen LogP contribution in [0, 0.1) is 11.3 Å². The van der Waals surface area contributed by atoms with Crippen LogP contribution in [0.4, 0.5) is 0 Å². The average Bonchev–Trinajstić information content (AvgIpc) is 2.79. The predicted octanol–water partition coefficient (Wildman–Crippen LogP) is 5.99. The minimum atomic E-state index is -0.169. The summed E-state index contributed by atoms with van der Waals surface area (Å²) in [4.78, 5) is 27.0. The molecule has 0 unspecified atom stereocenters. The Morgan fingerprint density at radius 2 is 1.68 bits per heavy atom. The molecule has 0 radical (unpaired) electrons. The zero-order chi connectivity index (χ0) is 22.1. The molecule has 1 saturated carbocycles. The topological polar surface area (TPSA) is 34.1 Å². The van der Waals surface area contributed by atoms with Crippen LogP contribution in [0.15, 0.2) is 65.6 Å². The van der Waals surface area contributed by atoms with Crippen molar-refractivity contribution in [3.63, 3.8) is 0 Å². The van der Waals surface area contributed by atoms with Gasteiger partial charge in [-0.15, -0.1) is 0 Å². The highest BCUT2D eigenvalue weighted by Crippen LogP contribution is 2.41. The molecule has 1 aliphatic rings. The van der Waals surface area contributed by atoms with Gasteiger partial charge in [0.2, 0.25) is 12.4 Å². The van der Waals surface area contributed by atoms with Crippen molar-refractivity contribution in [2.45, 2.75) is 63.7 Å². The van der Waals surface area contributed by atoms with E-state index in [0.29, 0.717) is 18.9 Å². The Balaban J connectivity index is 1.70. The number of thioether (sulfide) groups is 1. The summed E-state index contributed by atoms with van der Waals surface area (Å²) in [7, 11) is 0.428. The Bertz CT molecular complexity index is 898. The van der Waals surface area contributed by atoms with Crippen molar-refractivity contribution in [2.24, 2.45) is 11.3 Å². The van der Waals surface area contributed by atoms with Gasteiger partial charge in [-0.25, -0.2) is 0 Å². The number of rotatable bonds is 9. The number of benzene rings is 2. The Labute approximate surface area is 192 Å². The molecular formula is C27H33BO2S. The van der Waals surface area contributed by atoms with Crippen LogP contribution in [0.1, 0.15) is 64.4 Å². The van der Waals surface area contributed by atoms with Crippen LogP contribution in [0.5, 0.6) is 0 Å². The van der Waals surface area contributed by atoms with Crippen LogP contribution >= 0.6 is 11.8 Å². The van der Waals surface area contributed by atoms with Crippen molar-refractivity contribution >= 4 is 41.4 Å². The molecular weight excluding hydrogens is 399 g/mol. The van der Waals surface area contributed by atoms with Gasteiger partial charge in [0, 0.05) is 10.3 Å². The molecule has 3 rings (SSSR count). The fourth-order valence-corrected chi connectivity index (χ4v) is 5.21. The van der Waals surface area contributed by atoms with Gasteiger partial charge in [0.1, 0.15) is 0 Å². The predicted molar refractivity (Wildman–Crippen MR) is 134 cm³/mol. The Hall–Kier alpha value is -2.07. The number of carbonyl (C=O) groups is 2. The lowest BCUT2D eigenvalue weighted by Crippen LogP contribution is -2.41. The van der Waals surface area contributed by atoms with Gasteiger partial charge < -0.3 is 4.79 Å². The SMILES string of the molecule is CC(C)CCC1(C(=O)Bc2ccccc2SC(=O)/C=C/c2ccccc2)CCCCC1. The molecule has 2 nitrogen and oxygen atoms in total. The highest BCUT2D eigenvalue weighted by molar-refractivity contribution is 8.14. The summed E-state index contributed by atoms with van der Waals surface area (Å²) >= 11 is 1.22. The van der Waals surface area contributed by atoms with E-state index in [4.69, 9.17) is 0 Å². The highest BCUT2D eigenvalue weighted by Gasteiger charge is 2.38. The van der Waals surface area contributed by atoms with Crippen LogP contribution in [-0.4, -0.2) is 18.1 Å². The number of carbonyl (C=O) groups excluding carboxylic acids is 2. The third-order valence-electron chi connectivity index (χ3n) is 6.35. The normalized spacial score (nSPS) is 15.8. The first kappa shape index (κ1) is 23.6. The molecule has 31 heavy (non-hydrogen) atoms. The maximum absolute atomic E-state index is 13.5. The first-order valence-electron chi connectivity index (χ1n) is 11.5. The second-order valence-corrected chi connectivity index (χ2v) is 10.2. The lowest BCUT2D eigenvalue weighted by Gasteiger charge is -2.37. The van der Waals surface area contributed by atoms with E-state index in [9.17, 15) is 9.59 Å². The fourth-order valence-electron chi connectivity index (χ4n) is 4.44. The zero-order valence-corrected chi connectivity index (χ0v) is 19.6. The zero-order valence-electron chi connectivity index (χ0n) is 18.8. The Morgan fingerprint density at radius 1 is 1.00 bits per heavy atom. The van der Waals surface area contributed by atoms with Crippen LogP contribution in [0.3, 0.4) is 0 Å². The lowest BCUT2D eigenvalue weighted by atomic mass is 9.52. The van der Waals surface area contributed by atoms with E-state index in [2.05, 4.69) is 13.8 Å². The lowest BCUT2D eigenvalue weighted by molar-refractivity contribution is -0.123. The van der Waals surface area contributed by atoms with E-state index in [-0.39, 0.29) is 10.5 Å². The van der Waals surface area contributed by atoms with Crippen molar-refractivity contribution in [1.82, 2.24) is 0 Å². The Morgan fingerprint density at radius 3 is 2.39 bits per heavy atom. The highest BCUT2D eigenvalue weighted by atomic mass is 32.2. The fraction of sp³-hybridized carbons (Fsp3) is 0.407. The second kappa shape index (κ2) is 11.5. The third kappa shape index (κ3) is 6.97. The van der Waals surface area contributed by atoms with E-state index in [0.717, 1.165) is 54.4 Å². The van der Waals surface area contributed by atoms with Gasteiger partial charge in [0.05, 0.1) is 5.68 Å². The van der Waals surface area contributed by atoms with Crippen molar-refractivity contribution in [2.75, 3.05) is 0 Å². The molecule has 0 aliphatic heterocycles. The summed E-state index contributed by atoms with van der Waals surface area (Å²) in [6.07, 6.45) is 11.1. The van der Waals surface area contributed by atoms with E-state index < -0.39 is 0 Å². The molecule has 1 aliphatic carbocycles. The van der Waals surface area contributed by atoms with Gasteiger partial charge in [-0.2, -0.15) is 0 Å². The molecule has 0 aromatic heterocycles. The van der Waals surface area contributed by atoms with E-state index in [1.54, 1.807) is 6.08 Å². The molecule has 162 valence electrons. The summed E-state index contributed by atoms with van der Waals surface area (Å²) in [6.45, 7) is 4.48. The van der Waals surface area contributed by atoms with Crippen molar-refractivity contribution in [3.05, 3.63) is 66.2 Å².